The van der Waals surface area contributed by atoms with Crippen LogP contribution in [0.5, 0.6) is 0 Å². The molecule has 2 N–H and O–H groups in total. The van der Waals surface area contributed by atoms with E-state index in [4.69, 9.17) is 5.11 Å². The largest absolute Gasteiger partial charge is 0.481 e. The van der Waals surface area contributed by atoms with Crippen molar-refractivity contribution in [1.29, 1.82) is 0 Å². The van der Waals surface area contributed by atoms with Gasteiger partial charge in [-0.3, -0.25) is 4.79 Å². The average Bonchev–Trinajstić information content (AvgIpc) is 2.78. The Labute approximate surface area is 104 Å². The molecule has 1 fully saturated rings. The first-order valence-electron chi connectivity index (χ1n) is 6.05. The fourth-order valence-electron chi connectivity index (χ4n) is 2.10. The molecule has 2 rings (SSSR count). The number of hydrogen-bond donors (Lipinski definition) is 2. The Morgan fingerprint density at radius 2 is 2.12 bits per heavy atom. The predicted molar refractivity (Wildman–Crippen MR) is 66.5 cm³/mol. The summed E-state index contributed by atoms with van der Waals surface area (Å²) in [4.78, 5) is 10.4. The third kappa shape index (κ3) is 3.66. The third-order valence-electron chi connectivity index (χ3n) is 3.01. The highest BCUT2D eigenvalue weighted by molar-refractivity contribution is 7.15. The number of carboxylic acids is 1. The van der Waals surface area contributed by atoms with Crippen molar-refractivity contribution in [3.8, 4) is 0 Å². The van der Waals surface area contributed by atoms with Gasteiger partial charge < -0.3 is 10.4 Å². The van der Waals surface area contributed by atoms with E-state index in [2.05, 4.69) is 15.5 Å². The summed E-state index contributed by atoms with van der Waals surface area (Å²) in [5.74, 6) is -0.231. The van der Waals surface area contributed by atoms with Crippen molar-refractivity contribution < 1.29 is 9.90 Å². The number of aliphatic carboxylic acids is 1. The molecule has 1 aromatic rings. The van der Waals surface area contributed by atoms with E-state index < -0.39 is 5.97 Å². The highest BCUT2D eigenvalue weighted by Gasteiger charge is 2.19. The summed E-state index contributed by atoms with van der Waals surface area (Å²) < 4.78 is 0. The second kappa shape index (κ2) is 5.95. The Bertz CT molecular complexity index is 375. The lowest BCUT2D eigenvalue weighted by Gasteiger charge is -2.18. The lowest BCUT2D eigenvalue weighted by atomic mass is 9.90. The number of nitrogens with zero attached hydrogens (tertiary/aromatic N) is 2. The molecule has 17 heavy (non-hydrogen) atoms. The summed E-state index contributed by atoms with van der Waals surface area (Å²) in [5, 5.41) is 21.6. The van der Waals surface area contributed by atoms with Gasteiger partial charge in [-0.15, -0.1) is 10.2 Å². The van der Waals surface area contributed by atoms with Crippen LogP contribution in [0.25, 0.3) is 0 Å². The van der Waals surface area contributed by atoms with Crippen molar-refractivity contribution in [3.05, 3.63) is 5.01 Å². The van der Waals surface area contributed by atoms with Crippen LogP contribution in [0, 0.1) is 0 Å². The number of anilines is 1. The molecular weight excluding hydrogens is 238 g/mol. The minimum atomic E-state index is -0.797. The highest BCUT2D eigenvalue weighted by atomic mass is 32.1. The molecule has 94 valence electrons. The van der Waals surface area contributed by atoms with Crippen LogP contribution in [0.3, 0.4) is 0 Å². The molecule has 1 aliphatic carbocycles. The highest BCUT2D eigenvalue weighted by Crippen LogP contribution is 2.34. The monoisotopic (exact) mass is 255 g/mol. The van der Waals surface area contributed by atoms with Gasteiger partial charge in [0.05, 0.1) is 6.42 Å². The lowest BCUT2D eigenvalue weighted by Crippen LogP contribution is -2.07. The molecule has 1 saturated carbocycles. The Hall–Kier alpha value is -1.17. The Kier molecular flexibility index (Phi) is 4.30. The zero-order chi connectivity index (χ0) is 12.1. The smallest absolute Gasteiger partial charge is 0.305 e. The number of rotatable bonds is 5. The SMILES string of the molecule is O=C(O)CCNc1nnc(C2CCCCC2)s1. The summed E-state index contributed by atoms with van der Waals surface area (Å²) >= 11 is 1.56. The normalized spacial score (nSPS) is 16.9. The molecule has 6 heteroatoms. The lowest BCUT2D eigenvalue weighted by molar-refractivity contribution is -0.136. The molecule has 1 aliphatic rings. The minimum Gasteiger partial charge on any atom is -0.481 e. The molecule has 1 heterocycles. The average molecular weight is 255 g/mol. The number of carboxylic acid groups (broad SMARTS) is 1. The standard InChI is InChI=1S/C11H17N3O2S/c15-9(16)6-7-12-11-14-13-10(17-11)8-4-2-1-3-5-8/h8H,1-7H2,(H,12,14)(H,15,16). The first-order valence-corrected chi connectivity index (χ1v) is 6.86. The summed E-state index contributed by atoms with van der Waals surface area (Å²) in [6, 6.07) is 0. The van der Waals surface area contributed by atoms with Crippen LogP contribution in [0.15, 0.2) is 0 Å². The maximum Gasteiger partial charge on any atom is 0.305 e. The van der Waals surface area contributed by atoms with Gasteiger partial charge in [-0.1, -0.05) is 30.6 Å². The van der Waals surface area contributed by atoms with Gasteiger partial charge in [0.2, 0.25) is 5.13 Å². The molecule has 0 bridgehead atoms. The van der Waals surface area contributed by atoms with E-state index in [0.29, 0.717) is 12.5 Å². The van der Waals surface area contributed by atoms with Gasteiger partial charge in [0, 0.05) is 12.5 Å². The van der Waals surface area contributed by atoms with E-state index in [1.807, 2.05) is 0 Å². The minimum absolute atomic E-state index is 0.109. The zero-order valence-electron chi connectivity index (χ0n) is 9.69. The Balaban J connectivity index is 1.84. The van der Waals surface area contributed by atoms with Gasteiger partial charge in [-0.25, -0.2) is 0 Å². The maximum absolute atomic E-state index is 10.4. The Morgan fingerprint density at radius 3 is 2.82 bits per heavy atom. The van der Waals surface area contributed by atoms with E-state index in [1.165, 1.54) is 32.1 Å². The molecule has 0 atom stereocenters. The van der Waals surface area contributed by atoms with Crippen LogP contribution in [0.1, 0.15) is 49.5 Å². The molecule has 0 radical (unpaired) electrons. The van der Waals surface area contributed by atoms with Crippen molar-refractivity contribution in [2.45, 2.75) is 44.4 Å². The van der Waals surface area contributed by atoms with Crippen LogP contribution >= 0.6 is 11.3 Å². The molecule has 5 nitrogen and oxygen atoms in total. The quantitative estimate of drug-likeness (QED) is 0.845. The zero-order valence-corrected chi connectivity index (χ0v) is 10.5. The van der Waals surface area contributed by atoms with E-state index in [1.54, 1.807) is 11.3 Å². The van der Waals surface area contributed by atoms with E-state index in [0.717, 1.165) is 10.1 Å². The fourth-order valence-corrected chi connectivity index (χ4v) is 3.03. The number of aromatic nitrogens is 2. The first-order chi connectivity index (χ1) is 8.25. The Morgan fingerprint density at radius 1 is 1.35 bits per heavy atom. The fraction of sp³-hybridized carbons (Fsp3) is 0.727. The van der Waals surface area contributed by atoms with Gasteiger partial charge in [-0.05, 0) is 12.8 Å². The number of hydrogen-bond acceptors (Lipinski definition) is 5. The van der Waals surface area contributed by atoms with Crippen LogP contribution in [0.4, 0.5) is 5.13 Å². The van der Waals surface area contributed by atoms with E-state index in [9.17, 15) is 4.79 Å². The second-order valence-electron chi connectivity index (χ2n) is 4.35. The van der Waals surface area contributed by atoms with E-state index >= 15 is 0 Å². The van der Waals surface area contributed by atoms with Crippen molar-refractivity contribution in [3.63, 3.8) is 0 Å². The predicted octanol–water partition coefficient (Wildman–Crippen LogP) is 2.47. The molecule has 1 aromatic heterocycles. The number of nitrogens with one attached hydrogen (secondary N) is 1. The molecule has 0 spiro atoms. The number of carbonyl (C=O) groups is 1. The van der Waals surface area contributed by atoms with Crippen molar-refractivity contribution in [2.75, 3.05) is 11.9 Å². The molecule has 0 aromatic carbocycles. The summed E-state index contributed by atoms with van der Waals surface area (Å²) in [6.45, 7) is 0.411. The van der Waals surface area contributed by atoms with Crippen LogP contribution in [-0.4, -0.2) is 27.8 Å². The molecular formula is C11H17N3O2S. The maximum atomic E-state index is 10.4. The van der Waals surface area contributed by atoms with Crippen molar-refractivity contribution in [1.82, 2.24) is 10.2 Å². The van der Waals surface area contributed by atoms with Gasteiger partial charge in [0.25, 0.3) is 0 Å². The summed E-state index contributed by atoms with van der Waals surface area (Å²) in [5.41, 5.74) is 0. The van der Waals surface area contributed by atoms with E-state index in [-0.39, 0.29) is 6.42 Å². The van der Waals surface area contributed by atoms with Crippen LogP contribution in [0.2, 0.25) is 0 Å². The van der Waals surface area contributed by atoms with Gasteiger partial charge in [0.15, 0.2) is 0 Å². The van der Waals surface area contributed by atoms with Crippen molar-refractivity contribution in [2.24, 2.45) is 0 Å². The van der Waals surface area contributed by atoms with Crippen LogP contribution in [-0.2, 0) is 4.79 Å². The van der Waals surface area contributed by atoms with Gasteiger partial charge >= 0.3 is 5.97 Å². The topological polar surface area (TPSA) is 75.1 Å². The second-order valence-corrected chi connectivity index (χ2v) is 5.36. The molecule has 0 saturated heterocycles. The molecule has 0 aliphatic heterocycles. The van der Waals surface area contributed by atoms with Gasteiger partial charge in [0.1, 0.15) is 5.01 Å². The van der Waals surface area contributed by atoms with Crippen molar-refractivity contribution >= 4 is 22.4 Å². The molecule has 0 amide bonds. The van der Waals surface area contributed by atoms with Gasteiger partial charge in [-0.2, -0.15) is 0 Å². The third-order valence-corrected chi connectivity index (χ3v) is 4.05. The first kappa shape index (κ1) is 12.3. The summed E-state index contributed by atoms with van der Waals surface area (Å²) in [6.07, 6.45) is 6.43. The molecule has 0 unspecified atom stereocenters. The van der Waals surface area contributed by atoms with Crippen LogP contribution < -0.4 is 5.32 Å². The summed E-state index contributed by atoms with van der Waals surface area (Å²) in [7, 11) is 0.